The normalized spacial score (nSPS) is 11.9. The van der Waals surface area contributed by atoms with E-state index in [0.29, 0.717) is 76.8 Å². The number of aryl methyl sites for hydroxylation is 4. The molecule has 18 rings (SSSR count). The van der Waals surface area contributed by atoms with Crippen LogP contribution in [0.4, 0.5) is 65.9 Å². The van der Waals surface area contributed by atoms with E-state index in [1.54, 1.807) is 148 Å². The van der Waals surface area contributed by atoms with Gasteiger partial charge in [0.2, 0.25) is 0 Å². The summed E-state index contributed by atoms with van der Waals surface area (Å²) < 4.78 is 202. The Morgan fingerprint density at radius 3 is 0.875 bits per heavy atom. The smallest absolute Gasteiger partial charge is 0.306 e. The van der Waals surface area contributed by atoms with Crippen LogP contribution >= 0.6 is 95.6 Å². The molecule has 0 unspecified atom stereocenters. The van der Waals surface area contributed by atoms with Crippen molar-refractivity contribution in [3.05, 3.63) is 383 Å². The van der Waals surface area contributed by atoms with E-state index < -0.39 is 80.9 Å². The number of hydrogen-bond acceptors (Lipinski definition) is 10. The van der Waals surface area contributed by atoms with Crippen LogP contribution < -0.4 is 27.8 Å². The molecule has 0 bridgehead atoms. The zero-order chi connectivity index (χ0) is 98.3. The van der Waals surface area contributed by atoms with E-state index in [9.17, 15) is 89.8 Å². The minimum Gasteiger partial charge on any atom is -0.306 e. The van der Waals surface area contributed by atoms with Crippen molar-refractivity contribution in [1.82, 2.24) is 49.8 Å². The highest BCUT2D eigenvalue weighted by atomic mass is 79.9. The number of benzene rings is 13. The van der Waals surface area contributed by atoms with Crippen LogP contribution in [0.2, 0.25) is 0 Å². The van der Waals surface area contributed by atoms with Gasteiger partial charge in [0.25, 0.3) is 27.8 Å². The molecule has 5 aromatic heterocycles. The number of nitrogens with zero attached hydrogens (tertiary/aromatic N) is 5. The first-order valence-electron chi connectivity index (χ1n) is 40.4. The Balaban J connectivity index is 0.000000136. The Kier molecular flexibility index (Phi) is 29.2. The Bertz CT molecular complexity index is 8030. The lowest BCUT2D eigenvalue weighted by molar-refractivity contribution is -0.138. The summed E-state index contributed by atoms with van der Waals surface area (Å²) in [4.78, 5) is 97.6. The maximum Gasteiger partial charge on any atom is 0.416 e. The van der Waals surface area contributed by atoms with E-state index in [1.807, 2.05) is 63.2 Å². The first-order valence-corrected chi connectivity index (χ1v) is 45.2. The topological polar surface area (TPSA) is 229 Å². The summed E-state index contributed by atoms with van der Waals surface area (Å²) in [5, 5.41) is 1.93. The number of hydrogen-bond donors (Lipinski definition) is 5. The first kappa shape index (κ1) is 99.4. The third-order valence-electron chi connectivity index (χ3n) is 21.4. The summed E-state index contributed by atoms with van der Waals surface area (Å²) in [6.07, 6.45) is -22.5. The van der Waals surface area contributed by atoms with Gasteiger partial charge in [0.1, 0.15) is 29.1 Å². The van der Waals surface area contributed by atoms with Crippen LogP contribution in [0.5, 0.6) is 0 Å². The third kappa shape index (κ3) is 22.9. The fraction of sp³-hybridized carbons (Fsp3) is 0.120. The quantitative estimate of drug-likeness (QED) is 0.0859. The highest BCUT2D eigenvalue weighted by Crippen LogP contribution is 2.43. The summed E-state index contributed by atoms with van der Waals surface area (Å²) in [6, 6.07) is 64.0. The highest BCUT2D eigenvalue weighted by Gasteiger charge is 2.37. The van der Waals surface area contributed by atoms with Gasteiger partial charge in [-0.15, -0.1) is 0 Å². The van der Waals surface area contributed by atoms with Gasteiger partial charge in [-0.1, -0.05) is 219 Å². The van der Waals surface area contributed by atoms with Gasteiger partial charge >= 0.3 is 30.9 Å². The van der Waals surface area contributed by atoms with Crippen molar-refractivity contribution in [2.24, 2.45) is 0 Å². The number of halogens is 21. The molecule has 0 fully saturated rings. The lowest BCUT2D eigenvalue weighted by Gasteiger charge is -2.13. The minimum absolute atomic E-state index is 0.0858. The van der Waals surface area contributed by atoms with Gasteiger partial charge in [0.15, 0.2) is 0 Å². The predicted molar refractivity (Wildman–Crippen MR) is 520 cm³/mol. The van der Waals surface area contributed by atoms with E-state index in [-0.39, 0.29) is 81.8 Å². The molecule has 0 atom stereocenters. The van der Waals surface area contributed by atoms with Gasteiger partial charge in [0.05, 0.1) is 82.3 Å². The number of aromatic amines is 5. The molecule has 0 aliphatic carbocycles. The predicted octanol–water partition coefficient (Wildman–Crippen LogP) is 30.0. The standard InChI is InChI=1S/3C22H14BrF3N2O.C18H14BrF3N2O.C16H9Br2F3N2O/c1-12-7-17(23)11-18-19(12)27-20(28-21(18)29)15-8-14(13-5-3-2-4-6-13)9-16(10-15)22(24,25)26;1-12-17(13-5-3-2-4-6-13)7-8-18-19(12)27-20(28-21(18)29)14-9-15(22(24,25)26)11-16(23)10-14;1-12-18(23)8-7-17-19(12)27-20(28-21(17)29)15-9-14(13-5-3-2-4-6-13)10-16(11-15)22(24,25)26;1-9(2)13-4-3-5-14-15(13)23-16(24-17(14)25)10-6-11(18(20,21)22)8-12(19)7-10;1-7-2-10(17)6-12-13(7)22-14(23-15(12)24)8-3-9(16(19,20)21)5-11(18)4-8/h3*2-11H,1H3,(H,27,28,29);3-9H,1-2H3,(H,23,24,25);2-6H,1H3,(H,22,23,24). The monoisotopic (exact) mass is 2240 g/mol. The average Bonchev–Trinajstić information content (AvgIpc) is 0.788. The molecule has 5 heterocycles. The molecule has 5 N–H and O–H groups in total. The fourth-order valence-corrected chi connectivity index (χ4v) is 17.7. The minimum atomic E-state index is -4.53. The van der Waals surface area contributed by atoms with E-state index in [4.69, 9.17) is 0 Å². The summed E-state index contributed by atoms with van der Waals surface area (Å²) in [5.41, 5.74) is 5.02. The molecule has 0 radical (unpaired) electrons. The molecule has 0 aliphatic rings. The largest absolute Gasteiger partial charge is 0.416 e. The van der Waals surface area contributed by atoms with Crippen molar-refractivity contribution in [2.45, 2.75) is 78.3 Å². The lowest BCUT2D eigenvalue weighted by atomic mass is 9.98. The Hall–Kier alpha value is -12.6. The number of fused-ring (bicyclic) bond motifs is 5. The Labute approximate surface area is 811 Å². The molecule has 0 spiro atoms. The Morgan fingerprint density at radius 1 is 0.250 bits per heavy atom. The molecule has 0 saturated carbocycles. The zero-order valence-electron chi connectivity index (χ0n) is 71.0. The molecule has 13 aromatic carbocycles. The van der Waals surface area contributed by atoms with E-state index in [0.717, 1.165) is 113 Å². The molecular formula is C100H65Br6F15N10O5. The van der Waals surface area contributed by atoms with Crippen molar-refractivity contribution in [1.29, 1.82) is 0 Å². The summed E-state index contributed by atoms with van der Waals surface area (Å²) >= 11 is 19.3. The highest BCUT2D eigenvalue weighted by molar-refractivity contribution is 9.11. The number of aromatic nitrogens is 10. The van der Waals surface area contributed by atoms with Gasteiger partial charge in [-0.25, -0.2) is 24.9 Å². The second kappa shape index (κ2) is 40.0. The summed E-state index contributed by atoms with van der Waals surface area (Å²) in [7, 11) is 0. The molecule has 0 amide bonds. The average molecular weight is 2250 g/mol. The van der Waals surface area contributed by atoms with Crippen LogP contribution in [-0.2, 0) is 30.9 Å². The van der Waals surface area contributed by atoms with Gasteiger partial charge in [-0.05, 0) is 234 Å². The number of rotatable bonds is 9. The summed E-state index contributed by atoms with van der Waals surface area (Å²) in [5.74, 6) is 0.590. The van der Waals surface area contributed by atoms with E-state index in [2.05, 4.69) is 145 Å². The molecule has 18 aromatic rings. The SMILES string of the molecule is CC(C)c1cccc2c(=O)[nH]c(-c3cc(Br)cc(C(F)(F)F)c3)nc12.Cc1c(-c2ccccc2)ccc2c(=O)[nH]c(-c3cc(Br)cc(C(F)(F)F)c3)nc12.Cc1c(Br)ccc2c(=O)[nH]c(-c3cc(-c4ccccc4)cc(C(F)(F)F)c3)nc12.Cc1cc(Br)cc2c(=O)[nH]c(-c3cc(-c4ccccc4)cc(C(F)(F)F)c3)nc12.Cc1cc(Br)cc2c(=O)[nH]c(-c3cc(Br)cc(C(F)(F)F)c3)nc12. The van der Waals surface area contributed by atoms with Crippen LogP contribution in [0.15, 0.2) is 300 Å². The van der Waals surface area contributed by atoms with Gasteiger partial charge < -0.3 is 24.9 Å². The number of alkyl halides is 15. The van der Waals surface area contributed by atoms with Crippen molar-refractivity contribution >= 4 is 150 Å². The summed E-state index contributed by atoms with van der Waals surface area (Å²) in [6.45, 7) is 11.2. The molecule has 136 heavy (non-hydrogen) atoms. The van der Waals surface area contributed by atoms with Crippen LogP contribution in [-0.4, -0.2) is 49.8 Å². The van der Waals surface area contributed by atoms with Gasteiger partial charge in [-0.3, -0.25) is 24.0 Å². The Morgan fingerprint density at radius 2 is 0.529 bits per heavy atom. The maximum atomic E-state index is 13.5. The van der Waals surface area contributed by atoms with Gasteiger partial charge in [0, 0.05) is 54.7 Å². The molecule has 692 valence electrons. The van der Waals surface area contributed by atoms with Gasteiger partial charge in [-0.2, -0.15) is 65.9 Å². The number of nitrogens with one attached hydrogen (secondary N) is 5. The zero-order valence-corrected chi connectivity index (χ0v) is 80.5. The van der Waals surface area contributed by atoms with E-state index in [1.165, 1.54) is 18.2 Å². The molecule has 15 nitrogen and oxygen atoms in total. The van der Waals surface area contributed by atoms with Crippen LogP contribution in [0.1, 0.15) is 75.4 Å². The molecule has 36 heteroatoms. The lowest BCUT2D eigenvalue weighted by Crippen LogP contribution is -2.12. The van der Waals surface area contributed by atoms with Crippen LogP contribution in [0.3, 0.4) is 0 Å². The maximum absolute atomic E-state index is 13.5. The van der Waals surface area contributed by atoms with Crippen molar-refractivity contribution < 1.29 is 65.9 Å². The third-order valence-corrected chi connectivity index (χ3v) is 24.5. The number of H-pyrrole nitrogens is 5. The van der Waals surface area contributed by atoms with Crippen LogP contribution in [0.25, 0.3) is 145 Å². The molecule has 0 saturated heterocycles. The van der Waals surface area contributed by atoms with Crippen molar-refractivity contribution in [3.8, 4) is 90.3 Å². The fourth-order valence-electron chi connectivity index (χ4n) is 14.8. The van der Waals surface area contributed by atoms with E-state index >= 15 is 0 Å². The molecular weight excluding hydrogens is 2190 g/mol. The van der Waals surface area contributed by atoms with Crippen LogP contribution in [0, 0.1) is 27.7 Å². The first-order chi connectivity index (χ1) is 64.0. The second-order valence-electron chi connectivity index (χ2n) is 31.3. The second-order valence-corrected chi connectivity index (χ2v) is 36.7. The van der Waals surface area contributed by atoms with Crippen molar-refractivity contribution in [3.63, 3.8) is 0 Å². The number of para-hydroxylation sites is 1. The molecule has 0 aliphatic heterocycles. The van der Waals surface area contributed by atoms with Crippen molar-refractivity contribution in [2.75, 3.05) is 0 Å².